The molecule has 0 spiro atoms. The number of alkyl halides is 3. The highest BCUT2D eigenvalue weighted by Gasteiger charge is 2.36. The van der Waals surface area contributed by atoms with Crippen molar-refractivity contribution in [1.29, 1.82) is 0 Å². The number of esters is 2. The lowest BCUT2D eigenvalue weighted by Crippen LogP contribution is -2.20. The summed E-state index contributed by atoms with van der Waals surface area (Å²) in [5, 5.41) is 2.12. The van der Waals surface area contributed by atoms with Crippen molar-refractivity contribution in [3.8, 4) is 0 Å². The van der Waals surface area contributed by atoms with E-state index in [1.807, 2.05) is 0 Å². The van der Waals surface area contributed by atoms with Crippen molar-refractivity contribution in [2.45, 2.75) is 26.9 Å². The van der Waals surface area contributed by atoms with Crippen LogP contribution in [0.15, 0.2) is 28.7 Å². The second kappa shape index (κ2) is 8.80. The van der Waals surface area contributed by atoms with Crippen molar-refractivity contribution in [3.05, 3.63) is 52.3 Å². The van der Waals surface area contributed by atoms with Crippen LogP contribution in [0.5, 0.6) is 0 Å². The predicted octanol–water partition coefficient (Wildman–Crippen LogP) is 4.21. The number of rotatable bonds is 6. The molecule has 0 saturated heterocycles. The summed E-state index contributed by atoms with van der Waals surface area (Å²) in [6, 6.07) is 4.12. The van der Waals surface area contributed by atoms with Crippen LogP contribution < -0.4 is 5.32 Å². The lowest BCUT2D eigenvalue weighted by atomic mass is 10.1. The lowest BCUT2D eigenvalue weighted by molar-refractivity contribution is -0.137. The number of carbonyl (C=O) groups is 3. The summed E-state index contributed by atoms with van der Waals surface area (Å²) in [5.41, 5.74) is -2.55. The summed E-state index contributed by atoms with van der Waals surface area (Å²) >= 11 is 0. The van der Waals surface area contributed by atoms with Crippen LogP contribution in [-0.2, 0) is 15.7 Å². The van der Waals surface area contributed by atoms with E-state index in [1.54, 1.807) is 6.92 Å². The maximum Gasteiger partial charge on any atom is 0.417 e. The van der Waals surface area contributed by atoms with E-state index in [4.69, 9.17) is 13.9 Å². The van der Waals surface area contributed by atoms with Gasteiger partial charge >= 0.3 is 18.1 Å². The van der Waals surface area contributed by atoms with Gasteiger partial charge in [0, 0.05) is 0 Å². The van der Waals surface area contributed by atoms with E-state index in [0.29, 0.717) is 0 Å². The Bertz CT molecular complexity index is 933. The van der Waals surface area contributed by atoms with Crippen LogP contribution in [-0.4, -0.2) is 31.1 Å². The fraction of sp³-hybridized carbons (Fsp3) is 0.316. The first-order valence-corrected chi connectivity index (χ1v) is 8.56. The molecule has 0 aliphatic heterocycles. The molecule has 0 fully saturated rings. The molecule has 0 aliphatic rings. The highest BCUT2D eigenvalue weighted by molar-refractivity contribution is 6.12. The van der Waals surface area contributed by atoms with Crippen LogP contribution in [0.25, 0.3) is 0 Å². The average molecular weight is 413 g/mol. The van der Waals surface area contributed by atoms with Crippen molar-refractivity contribution in [2.75, 3.05) is 18.5 Å². The Morgan fingerprint density at radius 3 is 2.10 bits per heavy atom. The van der Waals surface area contributed by atoms with Gasteiger partial charge in [-0.2, -0.15) is 13.2 Å². The van der Waals surface area contributed by atoms with Gasteiger partial charge < -0.3 is 13.9 Å². The highest BCUT2D eigenvalue weighted by Crippen LogP contribution is 2.33. The van der Waals surface area contributed by atoms with Crippen LogP contribution in [0.4, 0.5) is 19.1 Å². The van der Waals surface area contributed by atoms with Gasteiger partial charge in [0.15, 0.2) is 0 Å². The van der Waals surface area contributed by atoms with E-state index in [0.717, 1.165) is 18.2 Å². The predicted molar refractivity (Wildman–Crippen MR) is 94.8 cm³/mol. The van der Waals surface area contributed by atoms with E-state index in [9.17, 15) is 27.6 Å². The van der Waals surface area contributed by atoms with Gasteiger partial charge in [0.25, 0.3) is 5.91 Å². The minimum absolute atomic E-state index is 0.00632. The van der Waals surface area contributed by atoms with Crippen LogP contribution in [0, 0.1) is 6.92 Å². The second-order valence-electron chi connectivity index (χ2n) is 5.68. The molecule has 0 radical (unpaired) electrons. The molecular formula is C19H18F3NO6. The molecule has 10 heteroatoms. The second-order valence-corrected chi connectivity index (χ2v) is 5.68. The normalized spacial score (nSPS) is 11.1. The van der Waals surface area contributed by atoms with E-state index >= 15 is 0 Å². The highest BCUT2D eigenvalue weighted by atomic mass is 19.4. The van der Waals surface area contributed by atoms with E-state index in [1.165, 1.54) is 19.9 Å². The van der Waals surface area contributed by atoms with Gasteiger partial charge in [-0.3, -0.25) is 10.1 Å². The summed E-state index contributed by atoms with van der Waals surface area (Å²) in [4.78, 5) is 37.0. The molecule has 1 heterocycles. The third-order valence-corrected chi connectivity index (χ3v) is 3.75. The number of hydrogen-bond donors (Lipinski definition) is 1. The van der Waals surface area contributed by atoms with Crippen molar-refractivity contribution in [2.24, 2.45) is 0 Å². The number of amides is 1. The Hall–Kier alpha value is -3.30. The number of ether oxygens (including phenoxy) is 2. The molecule has 7 nitrogen and oxygen atoms in total. The van der Waals surface area contributed by atoms with Crippen molar-refractivity contribution >= 4 is 23.7 Å². The Kier molecular flexibility index (Phi) is 6.68. The van der Waals surface area contributed by atoms with E-state index in [2.05, 4.69) is 5.32 Å². The molecule has 1 amide bonds. The first-order valence-electron chi connectivity index (χ1n) is 8.56. The van der Waals surface area contributed by atoms with Gasteiger partial charge in [-0.1, -0.05) is 12.1 Å². The minimum atomic E-state index is -4.77. The number of furan rings is 1. The number of nitrogens with one attached hydrogen (secondary N) is 1. The fourth-order valence-corrected chi connectivity index (χ4v) is 2.58. The quantitative estimate of drug-likeness (QED) is 0.713. The molecule has 0 aliphatic carbocycles. The summed E-state index contributed by atoms with van der Waals surface area (Å²) < 4.78 is 54.6. The molecule has 0 atom stereocenters. The Morgan fingerprint density at radius 2 is 1.55 bits per heavy atom. The molecule has 2 aromatic rings. The molecular weight excluding hydrogens is 395 g/mol. The molecule has 1 aromatic carbocycles. The number of carbonyl (C=O) groups excluding carboxylic acids is 3. The maximum atomic E-state index is 13.2. The zero-order valence-electron chi connectivity index (χ0n) is 15.8. The van der Waals surface area contributed by atoms with E-state index in [-0.39, 0.29) is 24.5 Å². The molecule has 1 N–H and O–H groups in total. The average Bonchev–Trinajstić information content (AvgIpc) is 2.97. The van der Waals surface area contributed by atoms with Crippen molar-refractivity contribution in [1.82, 2.24) is 0 Å². The van der Waals surface area contributed by atoms with Gasteiger partial charge in [0.2, 0.25) is 5.88 Å². The monoisotopic (exact) mass is 413 g/mol. The Labute approximate surface area is 163 Å². The summed E-state index contributed by atoms with van der Waals surface area (Å²) in [6.07, 6.45) is -4.77. The minimum Gasteiger partial charge on any atom is -0.462 e. The van der Waals surface area contributed by atoms with Gasteiger partial charge in [0.1, 0.15) is 16.9 Å². The van der Waals surface area contributed by atoms with Crippen molar-refractivity contribution in [3.63, 3.8) is 0 Å². The standard InChI is InChI=1S/C19H18F3NO6/c1-4-27-17(25)13-10(3)29-16(14(13)18(26)28-5-2)23-15(24)11-8-6-7-9-12(11)19(20,21)22/h6-9H,4-5H2,1-3H3,(H,23,24). The SMILES string of the molecule is CCOC(=O)c1c(C)oc(NC(=O)c2ccccc2C(F)(F)F)c1C(=O)OCC. The van der Waals surface area contributed by atoms with Crippen LogP contribution in [0.2, 0.25) is 0 Å². The van der Waals surface area contributed by atoms with Crippen LogP contribution in [0.3, 0.4) is 0 Å². The van der Waals surface area contributed by atoms with Crippen LogP contribution in [0.1, 0.15) is 56.2 Å². The number of aryl methyl sites for hydroxylation is 1. The largest absolute Gasteiger partial charge is 0.462 e. The fourth-order valence-electron chi connectivity index (χ4n) is 2.58. The zero-order valence-corrected chi connectivity index (χ0v) is 15.8. The molecule has 1 aromatic heterocycles. The first-order chi connectivity index (χ1) is 13.6. The van der Waals surface area contributed by atoms with Gasteiger partial charge in [0.05, 0.1) is 24.3 Å². The Morgan fingerprint density at radius 1 is 1.00 bits per heavy atom. The number of anilines is 1. The molecule has 0 unspecified atom stereocenters. The molecule has 0 bridgehead atoms. The summed E-state index contributed by atoms with van der Waals surface area (Å²) in [7, 11) is 0. The summed E-state index contributed by atoms with van der Waals surface area (Å²) in [6.45, 7) is 4.37. The molecule has 0 saturated carbocycles. The van der Waals surface area contributed by atoms with Gasteiger partial charge in [-0.05, 0) is 32.9 Å². The third kappa shape index (κ3) is 4.76. The Balaban J connectivity index is 2.51. The number of halogens is 3. The smallest absolute Gasteiger partial charge is 0.417 e. The third-order valence-electron chi connectivity index (χ3n) is 3.75. The zero-order chi connectivity index (χ0) is 21.8. The number of benzene rings is 1. The lowest BCUT2D eigenvalue weighted by Gasteiger charge is -2.12. The molecule has 156 valence electrons. The van der Waals surface area contributed by atoms with Crippen LogP contribution >= 0.6 is 0 Å². The summed E-state index contributed by atoms with van der Waals surface area (Å²) in [5.74, 6) is -3.63. The van der Waals surface area contributed by atoms with Gasteiger partial charge in [-0.15, -0.1) is 0 Å². The van der Waals surface area contributed by atoms with Crippen molar-refractivity contribution < 1.29 is 41.4 Å². The van der Waals surface area contributed by atoms with E-state index < -0.39 is 46.6 Å². The first kappa shape index (κ1) is 22.0. The molecule has 2 rings (SSSR count). The van der Waals surface area contributed by atoms with Gasteiger partial charge in [-0.25, -0.2) is 9.59 Å². The topological polar surface area (TPSA) is 94.8 Å². The number of hydrogen-bond acceptors (Lipinski definition) is 6. The maximum absolute atomic E-state index is 13.2. The molecule has 29 heavy (non-hydrogen) atoms.